The second-order valence-corrected chi connectivity index (χ2v) is 6.01. The number of hydrogen-bond donors (Lipinski definition) is 1. The molecule has 0 bridgehead atoms. The molecule has 1 N–H and O–H groups in total. The number of aliphatic carboxylic acids is 1. The Labute approximate surface area is 122 Å². The second-order valence-electron chi connectivity index (χ2n) is 5.06. The van der Waals surface area contributed by atoms with Gasteiger partial charge in [-0.25, -0.2) is 0 Å². The number of carboxylic acids is 1. The zero-order valence-corrected chi connectivity index (χ0v) is 12.5. The Morgan fingerprint density at radius 2 is 2.30 bits per heavy atom. The summed E-state index contributed by atoms with van der Waals surface area (Å²) >= 11 is 1.67. The number of aryl methyl sites for hydroxylation is 1. The van der Waals surface area contributed by atoms with Crippen molar-refractivity contribution in [2.45, 2.75) is 19.3 Å². The molecular formula is C14H19NO4S. The molecule has 0 radical (unpaired) electrons. The zero-order chi connectivity index (χ0) is 14.7. The van der Waals surface area contributed by atoms with E-state index in [-0.39, 0.29) is 24.3 Å². The molecule has 2 atom stereocenters. The topological polar surface area (TPSA) is 66.8 Å². The number of carbonyl (C=O) groups excluding carboxylic acids is 1. The Morgan fingerprint density at radius 1 is 1.55 bits per heavy atom. The monoisotopic (exact) mass is 297 g/mol. The van der Waals surface area contributed by atoms with Gasteiger partial charge in [0.25, 0.3) is 0 Å². The number of carboxylic acid groups (broad SMARTS) is 1. The molecule has 2 unspecified atom stereocenters. The van der Waals surface area contributed by atoms with E-state index in [9.17, 15) is 9.59 Å². The Kier molecular flexibility index (Phi) is 4.77. The number of hydrogen-bond acceptors (Lipinski definition) is 4. The van der Waals surface area contributed by atoms with Gasteiger partial charge in [0.15, 0.2) is 0 Å². The molecule has 5 nitrogen and oxygen atoms in total. The molecule has 0 spiro atoms. The molecule has 0 aliphatic heterocycles. The van der Waals surface area contributed by atoms with E-state index in [1.807, 2.05) is 12.3 Å². The first kappa shape index (κ1) is 15.0. The fourth-order valence-corrected chi connectivity index (χ4v) is 3.50. The third-order valence-electron chi connectivity index (χ3n) is 3.55. The van der Waals surface area contributed by atoms with Crippen LogP contribution in [-0.2, 0) is 14.3 Å². The average molecular weight is 297 g/mol. The lowest BCUT2D eigenvalue weighted by Gasteiger charge is -2.20. The fourth-order valence-electron chi connectivity index (χ4n) is 2.39. The Bertz CT molecular complexity index is 499. The van der Waals surface area contributed by atoms with Crippen LogP contribution in [-0.4, -0.2) is 48.7 Å². The van der Waals surface area contributed by atoms with Crippen molar-refractivity contribution in [1.82, 2.24) is 4.90 Å². The van der Waals surface area contributed by atoms with Crippen molar-refractivity contribution in [3.8, 4) is 0 Å². The molecular weight excluding hydrogens is 278 g/mol. The fraction of sp³-hybridized carbons (Fsp3) is 0.571. The molecule has 20 heavy (non-hydrogen) atoms. The molecule has 1 aromatic heterocycles. The van der Waals surface area contributed by atoms with Gasteiger partial charge in [-0.2, -0.15) is 0 Å². The number of methoxy groups -OCH3 is 1. The summed E-state index contributed by atoms with van der Waals surface area (Å²) in [6.07, 6.45) is 0.823. The Morgan fingerprint density at radius 3 is 2.85 bits per heavy atom. The van der Waals surface area contributed by atoms with Crippen molar-refractivity contribution in [2.75, 3.05) is 26.8 Å². The summed E-state index contributed by atoms with van der Waals surface area (Å²) in [7, 11) is 1.54. The van der Waals surface area contributed by atoms with Gasteiger partial charge in [0, 0.05) is 30.4 Å². The van der Waals surface area contributed by atoms with E-state index >= 15 is 0 Å². The van der Waals surface area contributed by atoms with E-state index in [1.54, 1.807) is 18.4 Å². The Balaban J connectivity index is 1.99. The maximum atomic E-state index is 12.4. The minimum absolute atomic E-state index is 0.0662. The summed E-state index contributed by atoms with van der Waals surface area (Å²) in [5, 5.41) is 10.9. The average Bonchev–Trinajstić information content (AvgIpc) is 3.08. The maximum absolute atomic E-state index is 12.4. The van der Waals surface area contributed by atoms with Gasteiger partial charge < -0.3 is 14.7 Å². The van der Waals surface area contributed by atoms with Gasteiger partial charge in [0.05, 0.1) is 6.61 Å². The number of rotatable bonds is 7. The largest absolute Gasteiger partial charge is 0.480 e. The number of thiophene rings is 1. The van der Waals surface area contributed by atoms with Crippen LogP contribution < -0.4 is 0 Å². The van der Waals surface area contributed by atoms with Crippen LogP contribution in [0.5, 0.6) is 0 Å². The van der Waals surface area contributed by atoms with Crippen LogP contribution in [0.1, 0.15) is 22.8 Å². The molecule has 1 saturated carbocycles. The van der Waals surface area contributed by atoms with Crippen LogP contribution in [0.25, 0.3) is 0 Å². The van der Waals surface area contributed by atoms with Crippen molar-refractivity contribution in [3.63, 3.8) is 0 Å². The number of carbonyl (C=O) groups is 2. The standard InChI is InChI=1S/C14H19NO4S/c1-9-3-6-20-13(9)10-7-11(10)14(18)15(4-5-19-2)8-12(16)17/h3,6,10-11H,4-5,7-8H2,1-2H3,(H,16,17). The van der Waals surface area contributed by atoms with Crippen LogP contribution in [0.2, 0.25) is 0 Å². The smallest absolute Gasteiger partial charge is 0.323 e. The van der Waals surface area contributed by atoms with Gasteiger partial charge in [0.1, 0.15) is 6.54 Å². The number of amides is 1. The summed E-state index contributed by atoms with van der Waals surface area (Å²) in [6.45, 7) is 2.48. The van der Waals surface area contributed by atoms with Crippen molar-refractivity contribution in [1.29, 1.82) is 0 Å². The van der Waals surface area contributed by atoms with Crippen molar-refractivity contribution < 1.29 is 19.4 Å². The van der Waals surface area contributed by atoms with Crippen molar-refractivity contribution >= 4 is 23.2 Å². The first-order valence-corrected chi connectivity index (χ1v) is 7.46. The van der Waals surface area contributed by atoms with Gasteiger partial charge in [-0.1, -0.05) is 0 Å². The molecule has 0 saturated heterocycles. The van der Waals surface area contributed by atoms with Crippen molar-refractivity contribution in [2.24, 2.45) is 5.92 Å². The number of nitrogens with zero attached hydrogens (tertiary/aromatic N) is 1. The molecule has 6 heteroatoms. The van der Waals surface area contributed by atoms with Crippen LogP contribution in [0, 0.1) is 12.8 Å². The van der Waals surface area contributed by atoms with Gasteiger partial charge >= 0.3 is 5.97 Å². The molecule has 1 aliphatic rings. The highest BCUT2D eigenvalue weighted by Gasteiger charge is 2.47. The quantitative estimate of drug-likeness (QED) is 0.832. The lowest BCUT2D eigenvalue weighted by Crippen LogP contribution is -2.39. The summed E-state index contributed by atoms with van der Waals surface area (Å²) in [6, 6.07) is 2.06. The second kappa shape index (κ2) is 6.37. The SMILES string of the molecule is COCCN(CC(=O)O)C(=O)C1CC1c1sccc1C. The molecule has 1 heterocycles. The van der Waals surface area contributed by atoms with E-state index in [0.717, 1.165) is 6.42 Å². The maximum Gasteiger partial charge on any atom is 0.323 e. The molecule has 1 aromatic rings. The van der Waals surface area contributed by atoms with E-state index in [4.69, 9.17) is 9.84 Å². The van der Waals surface area contributed by atoms with Crippen LogP contribution in [0.3, 0.4) is 0 Å². The van der Waals surface area contributed by atoms with E-state index in [0.29, 0.717) is 13.2 Å². The van der Waals surface area contributed by atoms with E-state index in [1.165, 1.54) is 15.3 Å². The highest BCUT2D eigenvalue weighted by atomic mass is 32.1. The molecule has 0 aromatic carbocycles. The highest BCUT2D eigenvalue weighted by molar-refractivity contribution is 7.10. The summed E-state index contributed by atoms with van der Waals surface area (Å²) in [4.78, 5) is 25.9. The van der Waals surface area contributed by atoms with E-state index in [2.05, 4.69) is 6.07 Å². The van der Waals surface area contributed by atoms with Crippen LogP contribution in [0.4, 0.5) is 0 Å². The van der Waals surface area contributed by atoms with Gasteiger partial charge in [-0.05, 0) is 30.4 Å². The molecule has 2 rings (SSSR count). The van der Waals surface area contributed by atoms with Gasteiger partial charge in [-0.3, -0.25) is 9.59 Å². The third kappa shape index (κ3) is 3.37. The van der Waals surface area contributed by atoms with Crippen LogP contribution >= 0.6 is 11.3 Å². The minimum Gasteiger partial charge on any atom is -0.480 e. The van der Waals surface area contributed by atoms with Crippen LogP contribution in [0.15, 0.2) is 11.4 Å². The first-order chi connectivity index (χ1) is 9.54. The lowest BCUT2D eigenvalue weighted by molar-refractivity contribution is -0.145. The predicted octanol–water partition coefficient (Wildman–Crippen LogP) is 1.72. The highest BCUT2D eigenvalue weighted by Crippen LogP contribution is 2.51. The first-order valence-electron chi connectivity index (χ1n) is 6.58. The van der Waals surface area contributed by atoms with Gasteiger partial charge in [-0.15, -0.1) is 11.3 Å². The number of ether oxygens (including phenoxy) is 1. The third-order valence-corrected chi connectivity index (χ3v) is 4.70. The molecule has 110 valence electrons. The Hall–Kier alpha value is -1.40. The zero-order valence-electron chi connectivity index (χ0n) is 11.7. The molecule has 1 amide bonds. The summed E-state index contributed by atoms with van der Waals surface area (Å²) in [5.74, 6) is -0.855. The van der Waals surface area contributed by atoms with E-state index < -0.39 is 5.97 Å². The molecule has 1 fully saturated rings. The summed E-state index contributed by atoms with van der Waals surface area (Å²) in [5.41, 5.74) is 1.22. The predicted molar refractivity (Wildman–Crippen MR) is 76.0 cm³/mol. The normalized spacial score (nSPS) is 20.7. The van der Waals surface area contributed by atoms with Gasteiger partial charge in [0.2, 0.25) is 5.91 Å². The lowest BCUT2D eigenvalue weighted by atomic mass is 10.2. The minimum atomic E-state index is -0.987. The van der Waals surface area contributed by atoms with Crippen molar-refractivity contribution in [3.05, 3.63) is 21.9 Å². The molecule has 1 aliphatic carbocycles. The summed E-state index contributed by atoms with van der Waals surface area (Å²) < 4.78 is 4.94.